The number of hydrogen-bond donors (Lipinski definition) is 0. The number of piperidine rings is 1. The minimum absolute atomic E-state index is 0.0693. The van der Waals surface area contributed by atoms with Gasteiger partial charge < -0.3 is 14.2 Å². The second kappa shape index (κ2) is 8.11. The van der Waals surface area contributed by atoms with Gasteiger partial charge in [0.05, 0.1) is 24.2 Å². The van der Waals surface area contributed by atoms with Crippen LogP contribution in [0.3, 0.4) is 0 Å². The van der Waals surface area contributed by atoms with Gasteiger partial charge in [-0.2, -0.15) is 5.10 Å². The fourth-order valence-corrected chi connectivity index (χ4v) is 4.48. The van der Waals surface area contributed by atoms with Crippen LogP contribution in [-0.4, -0.2) is 45.5 Å². The summed E-state index contributed by atoms with van der Waals surface area (Å²) in [5.74, 6) is -0.277. The third kappa shape index (κ3) is 3.51. The van der Waals surface area contributed by atoms with E-state index in [-0.39, 0.29) is 23.5 Å². The van der Waals surface area contributed by atoms with Crippen molar-refractivity contribution in [2.75, 3.05) is 20.2 Å². The Kier molecular flexibility index (Phi) is 5.13. The second-order valence-electron chi connectivity index (χ2n) is 8.10. The van der Waals surface area contributed by atoms with Crippen molar-refractivity contribution in [3.8, 4) is 11.3 Å². The van der Waals surface area contributed by atoms with E-state index < -0.39 is 0 Å². The van der Waals surface area contributed by atoms with Gasteiger partial charge in [-0.05, 0) is 36.6 Å². The first-order valence-electron chi connectivity index (χ1n) is 10.6. The Bertz CT molecular complexity index is 1300. The summed E-state index contributed by atoms with van der Waals surface area (Å²) in [6.45, 7) is 1.56. The highest BCUT2D eigenvalue weighted by molar-refractivity contribution is 5.93. The Morgan fingerprint density at radius 2 is 1.84 bits per heavy atom. The first-order chi connectivity index (χ1) is 15.5. The van der Waals surface area contributed by atoms with E-state index in [1.54, 1.807) is 21.7 Å². The number of ether oxygens (including phenoxy) is 1. The topological polar surface area (TPSA) is 69.4 Å². The van der Waals surface area contributed by atoms with Gasteiger partial charge in [-0.15, -0.1) is 0 Å². The summed E-state index contributed by atoms with van der Waals surface area (Å²) in [6, 6.07) is 14.2. The number of benzene rings is 2. The molecule has 0 aliphatic carbocycles. The van der Waals surface area contributed by atoms with Crippen molar-refractivity contribution >= 4 is 17.0 Å². The molecule has 3 heterocycles. The monoisotopic (exact) mass is 434 g/mol. The van der Waals surface area contributed by atoms with Crippen LogP contribution in [0.15, 0.2) is 59.5 Å². The summed E-state index contributed by atoms with van der Waals surface area (Å²) >= 11 is 0. The predicted molar refractivity (Wildman–Crippen MR) is 118 cm³/mol. The zero-order valence-electron chi connectivity index (χ0n) is 17.7. The van der Waals surface area contributed by atoms with Crippen molar-refractivity contribution in [2.24, 2.45) is 0 Å². The van der Waals surface area contributed by atoms with Crippen LogP contribution in [0.5, 0.6) is 0 Å². The number of hydrogen-bond acceptors (Lipinski definition) is 4. The van der Waals surface area contributed by atoms with E-state index in [9.17, 15) is 14.0 Å². The van der Waals surface area contributed by atoms with Crippen LogP contribution in [-0.2, 0) is 11.3 Å². The molecule has 5 rings (SSSR count). The van der Waals surface area contributed by atoms with E-state index >= 15 is 0 Å². The number of aromatic nitrogens is 3. The van der Waals surface area contributed by atoms with E-state index in [0.29, 0.717) is 43.7 Å². The van der Waals surface area contributed by atoms with E-state index in [2.05, 4.69) is 0 Å². The van der Waals surface area contributed by atoms with Crippen LogP contribution in [0, 0.1) is 5.82 Å². The van der Waals surface area contributed by atoms with E-state index in [4.69, 9.17) is 9.84 Å². The number of nitrogens with zero attached hydrogens (tertiary/aromatic N) is 4. The van der Waals surface area contributed by atoms with Crippen LogP contribution in [0.25, 0.3) is 22.2 Å². The zero-order chi connectivity index (χ0) is 22.2. The summed E-state index contributed by atoms with van der Waals surface area (Å²) in [7, 11) is 1.37. The molecule has 1 saturated heterocycles. The zero-order valence-corrected chi connectivity index (χ0v) is 17.7. The quantitative estimate of drug-likeness (QED) is 0.491. The highest BCUT2D eigenvalue weighted by Gasteiger charge is 2.29. The molecule has 0 spiro atoms. The maximum atomic E-state index is 13.3. The van der Waals surface area contributed by atoms with Gasteiger partial charge in [-0.25, -0.2) is 13.9 Å². The Balaban J connectivity index is 1.55. The maximum absolute atomic E-state index is 13.3. The Hall–Kier alpha value is -3.68. The summed E-state index contributed by atoms with van der Waals surface area (Å²) in [6.07, 6.45) is 2.79. The molecule has 3 aliphatic rings. The number of fused-ring (bicyclic) bond motifs is 3. The molecular weight excluding hydrogens is 411 g/mol. The van der Waals surface area contributed by atoms with Crippen molar-refractivity contribution < 1.29 is 13.9 Å². The average molecular weight is 434 g/mol. The largest absolute Gasteiger partial charge is 0.453 e. The van der Waals surface area contributed by atoms with Gasteiger partial charge in [0.1, 0.15) is 11.5 Å². The highest BCUT2D eigenvalue weighted by atomic mass is 19.1. The summed E-state index contributed by atoms with van der Waals surface area (Å²) in [5.41, 5.74) is 3.00. The lowest BCUT2D eigenvalue weighted by Crippen LogP contribution is -2.40. The molecule has 0 radical (unpaired) electrons. The smallest absolute Gasteiger partial charge is 0.409 e. The molecule has 0 bridgehead atoms. The minimum atomic E-state index is -0.343. The molecule has 0 unspecified atom stereocenters. The third-order valence-electron chi connectivity index (χ3n) is 6.16. The number of amides is 1. The normalized spacial score (nSPS) is 14.9. The highest BCUT2D eigenvalue weighted by Crippen LogP contribution is 2.30. The van der Waals surface area contributed by atoms with E-state index in [1.165, 1.54) is 19.2 Å². The molecule has 32 heavy (non-hydrogen) atoms. The van der Waals surface area contributed by atoms with Crippen LogP contribution in [0.4, 0.5) is 9.18 Å². The molecule has 7 nitrogen and oxygen atoms in total. The van der Waals surface area contributed by atoms with E-state index in [0.717, 1.165) is 16.5 Å². The number of carbonyl (C=O) groups is 1. The minimum Gasteiger partial charge on any atom is -0.453 e. The fraction of sp³-hybridized carbons (Fsp3) is 0.292. The van der Waals surface area contributed by atoms with Gasteiger partial charge in [0.15, 0.2) is 0 Å². The lowest BCUT2D eigenvalue weighted by molar-refractivity contribution is 0.105. The molecule has 2 aromatic rings. The lowest BCUT2D eigenvalue weighted by atomic mass is 10.1. The van der Waals surface area contributed by atoms with Crippen molar-refractivity contribution in [2.45, 2.75) is 25.4 Å². The first-order valence-corrected chi connectivity index (χ1v) is 10.6. The molecule has 3 aliphatic heterocycles. The van der Waals surface area contributed by atoms with Gasteiger partial charge in [0.2, 0.25) is 0 Å². The molecular formula is C24H23FN4O3. The molecule has 0 saturated carbocycles. The van der Waals surface area contributed by atoms with Crippen LogP contribution in [0.2, 0.25) is 0 Å². The van der Waals surface area contributed by atoms with Crippen molar-refractivity contribution in [3.63, 3.8) is 0 Å². The van der Waals surface area contributed by atoms with Crippen molar-refractivity contribution in [1.29, 1.82) is 0 Å². The van der Waals surface area contributed by atoms with Gasteiger partial charge in [-0.3, -0.25) is 4.79 Å². The predicted octanol–water partition coefficient (Wildman–Crippen LogP) is 3.89. The summed E-state index contributed by atoms with van der Waals surface area (Å²) in [4.78, 5) is 26.7. The van der Waals surface area contributed by atoms with Crippen molar-refractivity contribution in [1.82, 2.24) is 19.2 Å². The standard InChI is InChI=1S/C24H23FN4O3/c1-32-24(31)27-12-10-18(11-13-27)29-23(30)20-15-28(14-16-6-8-17(25)9-7-16)21-5-3-2-4-19(21)22(20)26-29/h2-9,15,18H,10-14H2,1H3. The fourth-order valence-electron chi connectivity index (χ4n) is 4.48. The molecule has 1 fully saturated rings. The Morgan fingerprint density at radius 3 is 2.56 bits per heavy atom. The van der Waals surface area contributed by atoms with Crippen molar-refractivity contribution in [3.05, 3.63) is 76.5 Å². The number of likely N-dealkylation sites (tertiary alicyclic amines) is 1. The van der Waals surface area contributed by atoms with Gasteiger partial charge in [-0.1, -0.05) is 30.3 Å². The molecule has 0 atom stereocenters. The van der Waals surface area contributed by atoms with Crippen LogP contribution in [0.1, 0.15) is 24.4 Å². The summed E-state index contributed by atoms with van der Waals surface area (Å²) in [5, 5.41) is 5.62. The Labute approximate surface area is 184 Å². The number of methoxy groups -OCH3 is 1. The van der Waals surface area contributed by atoms with Gasteiger partial charge >= 0.3 is 6.09 Å². The third-order valence-corrected chi connectivity index (χ3v) is 6.16. The average Bonchev–Trinajstić information content (AvgIpc) is 3.16. The second-order valence-corrected chi connectivity index (χ2v) is 8.10. The Morgan fingerprint density at radius 1 is 1.12 bits per heavy atom. The molecule has 1 amide bonds. The molecule has 0 aromatic heterocycles. The van der Waals surface area contributed by atoms with Gasteiger partial charge in [0, 0.05) is 31.2 Å². The number of para-hydroxylation sites is 1. The maximum Gasteiger partial charge on any atom is 0.409 e. The number of carbonyl (C=O) groups excluding carboxylic acids is 1. The molecule has 0 N–H and O–H groups in total. The molecule has 164 valence electrons. The molecule has 8 heteroatoms. The van der Waals surface area contributed by atoms with Crippen LogP contribution >= 0.6 is 0 Å². The van der Waals surface area contributed by atoms with Crippen LogP contribution < -0.4 is 5.56 Å². The number of pyridine rings is 1. The van der Waals surface area contributed by atoms with E-state index in [1.807, 2.05) is 35.0 Å². The first kappa shape index (κ1) is 20.2. The summed E-state index contributed by atoms with van der Waals surface area (Å²) < 4.78 is 21.7. The molecule has 2 aromatic carbocycles. The number of rotatable bonds is 3. The van der Waals surface area contributed by atoms with Gasteiger partial charge in [0.25, 0.3) is 5.56 Å². The SMILES string of the molecule is COC(=O)N1CCC(n2nc3c4ccccc4n(Cc4ccc(F)cc4)cc-3c2=O)CC1. The number of halogens is 1. The lowest BCUT2D eigenvalue weighted by Gasteiger charge is -2.30.